The van der Waals surface area contributed by atoms with Crippen LogP contribution in [0, 0.1) is 5.92 Å². The highest BCUT2D eigenvalue weighted by molar-refractivity contribution is 7.92. The maximum Gasteiger partial charge on any atom is 0.407 e. The molecule has 0 unspecified atom stereocenters. The van der Waals surface area contributed by atoms with Crippen LogP contribution in [0.2, 0.25) is 0 Å². The first-order valence-corrected chi connectivity index (χ1v) is 8.30. The van der Waals surface area contributed by atoms with Crippen molar-refractivity contribution in [1.82, 2.24) is 9.21 Å². The molecule has 0 aromatic carbocycles. The molecule has 2 aliphatic rings. The van der Waals surface area contributed by atoms with Crippen molar-refractivity contribution in [2.24, 2.45) is 5.92 Å². The van der Waals surface area contributed by atoms with Crippen molar-refractivity contribution in [2.75, 3.05) is 19.6 Å². The molecule has 0 bridgehead atoms. The zero-order valence-corrected chi connectivity index (χ0v) is 12.3. The summed E-state index contributed by atoms with van der Waals surface area (Å²) in [5, 5.41) is 9.92. The van der Waals surface area contributed by atoms with Crippen LogP contribution in [-0.4, -0.2) is 54.4 Å². The van der Waals surface area contributed by atoms with Crippen molar-refractivity contribution >= 4 is 22.0 Å². The number of allylic oxidation sites excluding steroid dienone is 1. The van der Waals surface area contributed by atoms with Gasteiger partial charge in [-0.3, -0.25) is 4.79 Å². The lowest BCUT2D eigenvalue weighted by Crippen LogP contribution is -2.38. The second kappa shape index (κ2) is 6.30. The largest absolute Gasteiger partial charge is 0.465 e. The average molecular weight is 314 g/mol. The van der Waals surface area contributed by atoms with Crippen LogP contribution < -0.4 is 0 Å². The van der Waals surface area contributed by atoms with Gasteiger partial charge in [-0.05, 0) is 25.2 Å². The molecule has 0 aromatic rings. The van der Waals surface area contributed by atoms with Gasteiger partial charge in [-0.2, -0.15) is 0 Å². The first-order chi connectivity index (χ1) is 9.90. The van der Waals surface area contributed by atoms with Gasteiger partial charge in [0.25, 0.3) is 15.9 Å². The van der Waals surface area contributed by atoms with Crippen LogP contribution in [0.25, 0.3) is 0 Å². The lowest BCUT2D eigenvalue weighted by molar-refractivity contribution is -0.121. The summed E-state index contributed by atoms with van der Waals surface area (Å²) in [4.78, 5) is 23.7. The molecule has 2 aliphatic heterocycles. The van der Waals surface area contributed by atoms with Crippen molar-refractivity contribution in [3.63, 3.8) is 0 Å². The molecule has 1 N–H and O–H groups in total. The molecular weight excluding hydrogens is 296 g/mol. The van der Waals surface area contributed by atoms with Crippen LogP contribution >= 0.6 is 0 Å². The third kappa shape index (κ3) is 3.84. The number of carbonyl (C=O) groups excluding carboxylic acids is 1. The van der Waals surface area contributed by atoms with E-state index in [4.69, 9.17) is 5.11 Å². The van der Waals surface area contributed by atoms with Crippen LogP contribution in [0.3, 0.4) is 0 Å². The third-order valence-electron chi connectivity index (χ3n) is 3.65. The third-order valence-corrected chi connectivity index (χ3v) is 5.12. The summed E-state index contributed by atoms with van der Waals surface area (Å²) in [7, 11) is -3.74. The number of piperidine rings is 1. The Hall–Kier alpha value is -1.83. The van der Waals surface area contributed by atoms with E-state index in [1.54, 1.807) is 12.2 Å². The van der Waals surface area contributed by atoms with Gasteiger partial charge in [-0.15, -0.1) is 0 Å². The lowest BCUT2D eigenvalue weighted by atomic mass is 9.97. The normalized spacial score (nSPS) is 21.2. The first-order valence-electron chi connectivity index (χ1n) is 6.79. The summed E-state index contributed by atoms with van der Waals surface area (Å²) < 4.78 is 25.0. The molecule has 1 fully saturated rings. The standard InChI is InChI=1S/C13H18N2O5S/c16-12-3-1-2-7-15(12)21(19,20)10-6-11-4-8-14(9-5-11)13(17)18/h1,3,6,10-11H,2,4-5,7-9H2,(H,17,18). The fourth-order valence-electron chi connectivity index (χ4n) is 2.39. The molecule has 0 atom stereocenters. The van der Waals surface area contributed by atoms with E-state index >= 15 is 0 Å². The number of rotatable bonds is 3. The fourth-order valence-corrected chi connectivity index (χ4v) is 3.63. The number of sulfonamides is 1. The Labute approximate surface area is 123 Å². The van der Waals surface area contributed by atoms with Crippen LogP contribution in [0.5, 0.6) is 0 Å². The highest BCUT2D eigenvalue weighted by atomic mass is 32.2. The van der Waals surface area contributed by atoms with Crippen molar-refractivity contribution < 1.29 is 23.1 Å². The minimum atomic E-state index is -3.74. The monoisotopic (exact) mass is 314 g/mol. The van der Waals surface area contributed by atoms with Crippen LogP contribution in [-0.2, 0) is 14.8 Å². The Balaban J connectivity index is 1.96. The van der Waals surface area contributed by atoms with E-state index in [2.05, 4.69) is 0 Å². The Morgan fingerprint density at radius 1 is 1.29 bits per heavy atom. The number of nitrogens with zero attached hydrogens (tertiary/aromatic N) is 2. The van der Waals surface area contributed by atoms with E-state index in [-0.39, 0.29) is 12.5 Å². The minimum Gasteiger partial charge on any atom is -0.465 e. The molecule has 2 heterocycles. The van der Waals surface area contributed by atoms with E-state index in [0.29, 0.717) is 32.4 Å². The number of hydrogen-bond donors (Lipinski definition) is 1. The molecule has 116 valence electrons. The zero-order chi connectivity index (χ0) is 15.5. The Bertz CT molecular complexity index is 573. The molecule has 0 radical (unpaired) electrons. The number of likely N-dealkylation sites (tertiary alicyclic amines) is 1. The van der Waals surface area contributed by atoms with E-state index in [1.807, 2.05) is 0 Å². The van der Waals surface area contributed by atoms with Gasteiger partial charge in [0, 0.05) is 31.1 Å². The SMILES string of the molecule is O=C(O)N1CCC(C=CS(=O)(=O)N2CCC=CC2=O)CC1. The second-order valence-electron chi connectivity index (χ2n) is 5.08. The number of carbonyl (C=O) groups is 2. The maximum absolute atomic E-state index is 12.1. The summed E-state index contributed by atoms with van der Waals surface area (Å²) in [6.45, 7) is 0.963. The summed E-state index contributed by atoms with van der Waals surface area (Å²) in [5.74, 6) is -0.502. The Morgan fingerprint density at radius 2 is 1.95 bits per heavy atom. The topological polar surface area (TPSA) is 95.0 Å². The van der Waals surface area contributed by atoms with Gasteiger partial charge in [-0.1, -0.05) is 12.2 Å². The minimum absolute atomic E-state index is 0.0193. The maximum atomic E-state index is 12.1. The lowest BCUT2D eigenvalue weighted by Gasteiger charge is -2.28. The molecular formula is C13H18N2O5S. The zero-order valence-electron chi connectivity index (χ0n) is 11.5. The highest BCUT2D eigenvalue weighted by Gasteiger charge is 2.26. The molecule has 0 saturated carbocycles. The second-order valence-corrected chi connectivity index (χ2v) is 6.82. The van der Waals surface area contributed by atoms with E-state index in [9.17, 15) is 18.0 Å². The van der Waals surface area contributed by atoms with Crippen molar-refractivity contribution in [3.8, 4) is 0 Å². The van der Waals surface area contributed by atoms with Crippen molar-refractivity contribution in [1.29, 1.82) is 0 Å². The van der Waals surface area contributed by atoms with Crippen molar-refractivity contribution in [3.05, 3.63) is 23.6 Å². The van der Waals surface area contributed by atoms with E-state index in [0.717, 1.165) is 9.71 Å². The predicted octanol–water partition coefficient (Wildman–Crippen LogP) is 1.01. The molecule has 2 amide bonds. The molecule has 8 heteroatoms. The highest BCUT2D eigenvalue weighted by Crippen LogP contribution is 2.20. The van der Waals surface area contributed by atoms with Crippen molar-refractivity contribution in [2.45, 2.75) is 19.3 Å². The molecule has 0 aromatic heterocycles. The molecule has 21 heavy (non-hydrogen) atoms. The molecule has 1 saturated heterocycles. The van der Waals surface area contributed by atoms with Gasteiger partial charge in [0.15, 0.2) is 0 Å². The van der Waals surface area contributed by atoms with Gasteiger partial charge >= 0.3 is 6.09 Å². The molecule has 0 aliphatic carbocycles. The van der Waals surface area contributed by atoms with Crippen LogP contribution in [0.1, 0.15) is 19.3 Å². The number of carboxylic acid groups (broad SMARTS) is 1. The van der Waals surface area contributed by atoms with Gasteiger partial charge in [0.05, 0.1) is 0 Å². The van der Waals surface area contributed by atoms with E-state index in [1.165, 1.54) is 11.0 Å². The van der Waals surface area contributed by atoms with Gasteiger partial charge in [0.1, 0.15) is 0 Å². The quantitative estimate of drug-likeness (QED) is 0.839. The Kier molecular flexibility index (Phi) is 4.66. The van der Waals surface area contributed by atoms with Gasteiger partial charge < -0.3 is 10.0 Å². The van der Waals surface area contributed by atoms with Gasteiger partial charge in [0.2, 0.25) is 0 Å². The summed E-state index contributed by atoms with van der Waals surface area (Å²) in [6.07, 6.45) is 5.24. The fraction of sp³-hybridized carbons (Fsp3) is 0.538. The average Bonchev–Trinajstić information content (AvgIpc) is 2.46. The van der Waals surface area contributed by atoms with E-state index < -0.39 is 22.0 Å². The first kappa shape index (κ1) is 15.6. The summed E-state index contributed by atoms with van der Waals surface area (Å²) >= 11 is 0. The number of amides is 2. The molecule has 2 rings (SSSR count). The summed E-state index contributed by atoms with van der Waals surface area (Å²) in [6, 6.07) is 0. The van der Waals surface area contributed by atoms with Crippen LogP contribution in [0.15, 0.2) is 23.6 Å². The molecule has 7 nitrogen and oxygen atoms in total. The van der Waals surface area contributed by atoms with Crippen LogP contribution in [0.4, 0.5) is 4.79 Å². The summed E-state index contributed by atoms with van der Waals surface area (Å²) in [5.41, 5.74) is 0. The number of hydrogen-bond acceptors (Lipinski definition) is 4. The smallest absolute Gasteiger partial charge is 0.407 e. The van der Waals surface area contributed by atoms with Gasteiger partial charge in [-0.25, -0.2) is 17.5 Å². The molecule has 0 spiro atoms. The predicted molar refractivity (Wildman–Crippen MR) is 75.9 cm³/mol. The Morgan fingerprint density at radius 3 is 2.52 bits per heavy atom.